The molecule has 2 aromatic rings. The van der Waals surface area contributed by atoms with Crippen LogP contribution in [0.5, 0.6) is 0 Å². The third-order valence-electron chi connectivity index (χ3n) is 3.74. The Bertz CT molecular complexity index is 835. The van der Waals surface area contributed by atoms with Gasteiger partial charge in [0, 0.05) is 19.0 Å². The molecule has 0 amide bonds. The van der Waals surface area contributed by atoms with E-state index in [-0.39, 0.29) is 27.8 Å². The number of halogens is 2. The lowest BCUT2D eigenvalue weighted by molar-refractivity contribution is 0.579. The summed E-state index contributed by atoms with van der Waals surface area (Å²) in [6.45, 7) is 1.59. The topological polar surface area (TPSA) is 64.0 Å². The number of aromatic nitrogens is 2. The highest BCUT2D eigenvalue weighted by Gasteiger charge is 2.42. The van der Waals surface area contributed by atoms with Gasteiger partial charge in [-0.25, -0.2) is 17.5 Å². The molecule has 0 unspecified atom stereocenters. The number of hydrogen-bond donors (Lipinski definition) is 1. The molecule has 5 nitrogen and oxygen atoms in total. The molecule has 0 saturated heterocycles. The van der Waals surface area contributed by atoms with Crippen LogP contribution in [-0.2, 0) is 17.1 Å². The number of aryl methyl sites for hydroxylation is 2. The van der Waals surface area contributed by atoms with E-state index in [1.54, 1.807) is 26.1 Å². The lowest BCUT2D eigenvalue weighted by Crippen LogP contribution is -2.27. The molecule has 0 bridgehead atoms. The highest BCUT2D eigenvalue weighted by Crippen LogP contribution is 2.42. The minimum absolute atomic E-state index is 0.00144. The number of sulfonamides is 1. The standard InChI is InChI=1S/C14H15ClFN3O2S/c1-8-13(14(15)19(2)17-8)22(20,21)18-12-7-11(12)9-4-3-5-10(16)6-9/h3-6,11-12,18H,7H2,1-2H3/t11-,12+/m1/s1. The average molecular weight is 344 g/mol. The molecule has 1 fully saturated rings. The summed E-state index contributed by atoms with van der Waals surface area (Å²) in [5.41, 5.74) is 1.14. The van der Waals surface area contributed by atoms with Gasteiger partial charge in [-0.3, -0.25) is 4.68 Å². The fourth-order valence-corrected chi connectivity index (χ4v) is 4.64. The van der Waals surface area contributed by atoms with Crippen LogP contribution >= 0.6 is 11.6 Å². The molecule has 0 radical (unpaired) electrons. The molecule has 1 aromatic heterocycles. The Morgan fingerprint density at radius 1 is 1.45 bits per heavy atom. The van der Waals surface area contributed by atoms with E-state index >= 15 is 0 Å². The van der Waals surface area contributed by atoms with Crippen molar-refractivity contribution in [3.8, 4) is 0 Å². The average Bonchev–Trinajstić information content (AvgIpc) is 3.10. The monoisotopic (exact) mass is 343 g/mol. The molecule has 2 atom stereocenters. The van der Waals surface area contributed by atoms with Crippen LogP contribution in [0.3, 0.4) is 0 Å². The zero-order chi connectivity index (χ0) is 16.1. The van der Waals surface area contributed by atoms with Gasteiger partial charge in [-0.1, -0.05) is 23.7 Å². The lowest BCUT2D eigenvalue weighted by atomic mass is 10.1. The molecule has 1 aliphatic rings. The largest absolute Gasteiger partial charge is 0.255 e. The Labute approximate surface area is 133 Å². The highest BCUT2D eigenvalue weighted by atomic mass is 35.5. The van der Waals surface area contributed by atoms with E-state index < -0.39 is 10.0 Å². The summed E-state index contributed by atoms with van der Waals surface area (Å²) in [4.78, 5) is 0.00144. The fourth-order valence-electron chi connectivity index (χ4n) is 2.60. The van der Waals surface area contributed by atoms with Crippen molar-refractivity contribution in [1.82, 2.24) is 14.5 Å². The number of rotatable bonds is 4. The minimum Gasteiger partial charge on any atom is -0.255 e. The molecular formula is C14H15ClFN3O2S. The van der Waals surface area contributed by atoms with Crippen molar-refractivity contribution in [3.05, 3.63) is 46.5 Å². The number of benzene rings is 1. The molecule has 0 spiro atoms. The van der Waals surface area contributed by atoms with E-state index in [1.165, 1.54) is 16.8 Å². The summed E-state index contributed by atoms with van der Waals surface area (Å²) in [6, 6.07) is 5.97. The third-order valence-corrected chi connectivity index (χ3v) is 5.93. The number of nitrogens with one attached hydrogen (secondary N) is 1. The highest BCUT2D eigenvalue weighted by molar-refractivity contribution is 7.89. The van der Waals surface area contributed by atoms with Gasteiger partial charge in [-0.15, -0.1) is 0 Å². The van der Waals surface area contributed by atoms with Gasteiger partial charge < -0.3 is 0 Å². The Kier molecular flexibility index (Phi) is 3.74. The van der Waals surface area contributed by atoms with Gasteiger partial charge in [-0.05, 0) is 31.0 Å². The van der Waals surface area contributed by atoms with E-state index in [2.05, 4.69) is 9.82 Å². The summed E-state index contributed by atoms with van der Waals surface area (Å²) in [5, 5.41) is 4.09. The number of hydrogen-bond acceptors (Lipinski definition) is 3. The predicted molar refractivity (Wildman–Crippen MR) is 80.8 cm³/mol. The van der Waals surface area contributed by atoms with Crippen molar-refractivity contribution in [1.29, 1.82) is 0 Å². The second-order valence-corrected chi connectivity index (χ2v) is 7.46. The Morgan fingerprint density at radius 3 is 2.77 bits per heavy atom. The quantitative estimate of drug-likeness (QED) is 0.926. The molecule has 3 rings (SSSR count). The molecule has 22 heavy (non-hydrogen) atoms. The zero-order valence-electron chi connectivity index (χ0n) is 12.0. The van der Waals surface area contributed by atoms with Crippen LogP contribution in [-0.4, -0.2) is 24.2 Å². The first-order valence-electron chi connectivity index (χ1n) is 6.76. The Morgan fingerprint density at radius 2 is 2.18 bits per heavy atom. The van der Waals surface area contributed by atoms with Crippen molar-refractivity contribution in [3.63, 3.8) is 0 Å². The van der Waals surface area contributed by atoms with Gasteiger partial charge in [0.15, 0.2) is 0 Å². The molecule has 0 aliphatic heterocycles. The maximum absolute atomic E-state index is 13.2. The summed E-state index contributed by atoms with van der Waals surface area (Å²) in [7, 11) is -2.16. The van der Waals surface area contributed by atoms with Crippen molar-refractivity contribution < 1.29 is 12.8 Å². The summed E-state index contributed by atoms with van der Waals surface area (Å²) < 4.78 is 42.1. The van der Waals surface area contributed by atoms with Crippen LogP contribution in [0.1, 0.15) is 23.6 Å². The van der Waals surface area contributed by atoms with Gasteiger partial charge in [0.2, 0.25) is 10.0 Å². The smallest absolute Gasteiger partial charge is 0.245 e. The van der Waals surface area contributed by atoms with Gasteiger partial charge in [0.1, 0.15) is 15.9 Å². The number of nitrogens with zero attached hydrogens (tertiary/aromatic N) is 2. The first-order chi connectivity index (χ1) is 10.3. The van der Waals surface area contributed by atoms with E-state index in [0.29, 0.717) is 12.1 Å². The van der Waals surface area contributed by atoms with Crippen molar-refractivity contribution >= 4 is 21.6 Å². The van der Waals surface area contributed by atoms with Crippen LogP contribution in [0.4, 0.5) is 4.39 Å². The van der Waals surface area contributed by atoms with E-state index in [0.717, 1.165) is 5.56 Å². The van der Waals surface area contributed by atoms with Gasteiger partial charge >= 0.3 is 0 Å². The summed E-state index contributed by atoms with van der Waals surface area (Å²) in [6.07, 6.45) is 0.639. The van der Waals surface area contributed by atoms with Crippen LogP contribution in [0, 0.1) is 12.7 Å². The van der Waals surface area contributed by atoms with Gasteiger partial charge in [-0.2, -0.15) is 5.10 Å². The maximum atomic E-state index is 13.2. The van der Waals surface area contributed by atoms with Crippen LogP contribution in [0.25, 0.3) is 0 Å². The molecule has 1 aliphatic carbocycles. The normalized spacial score (nSPS) is 21.1. The molecule has 1 heterocycles. The molecular weight excluding hydrogens is 329 g/mol. The molecule has 1 N–H and O–H groups in total. The third kappa shape index (κ3) is 2.76. The van der Waals surface area contributed by atoms with Crippen molar-refractivity contribution in [2.75, 3.05) is 0 Å². The van der Waals surface area contributed by atoms with Crippen molar-refractivity contribution in [2.45, 2.75) is 30.2 Å². The van der Waals surface area contributed by atoms with Crippen LogP contribution < -0.4 is 4.72 Å². The first-order valence-corrected chi connectivity index (χ1v) is 8.62. The first kappa shape index (κ1) is 15.5. The Hall–Kier alpha value is -1.44. The summed E-state index contributed by atoms with van der Waals surface area (Å²) in [5.74, 6) is -0.335. The van der Waals surface area contributed by atoms with Gasteiger partial charge in [0.05, 0.1) is 5.69 Å². The Balaban J connectivity index is 1.80. The lowest BCUT2D eigenvalue weighted by Gasteiger charge is -2.06. The molecule has 1 saturated carbocycles. The molecule has 8 heteroatoms. The second-order valence-electron chi connectivity index (χ2n) is 5.45. The van der Waals surface area contributed by atoms with E-state index in [9.17, 15) is 12.8 Å². The van der Waals surface area contributed by atoms with Crippen LogP contribution in [0.2, 0.25) is 5.15 Å². The fraction of sp³-hybridized carbons (Fsp3) is 0.357. The molecule has 1 aromatic carbocycles. The van der Waals surface area contributed by atoms with E-state index in [4.69, 9.17) is 11.6 Å². The second kappa shape index (κ2) is 5.33. The maximum Gasteiger partial charge on any atom is 0.245 e. The van der Waals surface area contributed by atoms with Crippen molar-refractivity contribution in [2.24, 2.45) is 7.05 Å². The van der Waals surface area contributed by atoms with Crippen LogP contribution in [0.15, 0.2) is 29.2 Å². The van der Waals surface area contributed by atoms with E-state index in [1.807, 2.05) is 0 Å². The predicted octanol–water partition coefficient (Wildman–Crippen LogP) is 2.36. The van der Waals surface area contributed by atoms with Gasteiger partial charge in [0.25, 0.3) is 0 Å². The summed E-state index contributed by atoms with van der Waals surface area (Å²) >= 11 is 6.01. The SMILES string of the molecule is Cc1nn(C)c(Cl)c1S(=O)(=O)N[C@H]1C[C@@H]1c1cccc(F)c1. The minimum atomic E-state index is -3.75. The molecule has 118 valence electrons. The zero-order valence-corrected chi connectivity index (χ0v) is 13.6.